The summed E-state index contributed by atoms with van der Waals surface area (Å²) < 4.78 is 14.1. The average molecular weight is 434 g/mol. The maximum Gasteiger partial charge on any atom is 0.123 e. The Balaban J connectivity index is 1.58. The highest BCUT2D eigenvalue weighted by Crippen LogP contribution is 2.32. The number of piperidine rings is 1. The zero-order valence-corrected chi connectivity index (χ0v) is 18.2. The number of halogens is 3. The molecule has 2 aliphatic heterocycles. The first-order chi connectivity index (χ1) is 14.0. The molecule has 4 rings (SSSR count). The first-order valence-electron chi connectivity index (χ1n) is 10.1. The number of hydrogen-bond donors (Lipinski definition) is 0. The van der Waals surface area contributed by atoms with E-state index in [4.69, 9.17) is 23.2 Å². The summed E-state index contributed by atoms with van der Waals surface area (Å²) in [5.41, 5.74) is 4.48. The molecule has 0 atom stereocenters. The first-order valence-corrected chi connectivity index (χ1v) is 10.9. The van der Waals surface area contributed by atoms with Crippen LogP contribution in [0.25, 0.3) is 6.08 Å². The Morgan fingerprint density at radius 3 is 2.45 bits per heavy atom. The predicted octanol–water partition coefficient (Wildman–Crippen LogP) is 5.57. The van der Waals surface area contributed by atoms with E-state index in [0.717, 1.165) is 69.0 Å². The van der Waals surface area contributed by atoms with Crippen molar-refractivity contribution in [1.82, 2.24) is 4.90 Å². The smallest absolute Gasteiger partial charge is 0.123 e. The van der Waals surface area contributed by atoms with Gasteiger partial charge in [-0.3, -0.25) is 0 Å². The van der Waals surface area contributed by atoms with Gasteiger partial charge in [0.15, 0.2) is 0 Å². The average Bonchev–Trinajstić information content (AvgIpc) is 2.71. The van der Waals surface area contributed by atoms with Crippen LogP contribution in [0.4, 0.5) is 15.8 Å². The van der Waals surface area contributed by atoms with Crippen LogP contribution < -0.4 is 9.80 Å². The molecule has 3 nitrogen and oxygen atoms in total. The molecule has 6 heteroatoms. The molecule has 0 aliphatic carbocycles. The SMILES string of the molecule is CN1CCN(c2ccc(F)cc2C=C2CCCN(c3ccc(Cl)c(Cl)c3)C2)CC1. The lowest BCUT2D eigenvalue weighted by molar-refractivity contribution is 0.313. The van der Waals surface area contributed by atoms with Crippen molar-refractivity contribution in [1.29, 1.82) is 0 Å². The van der Waals surface area contributed by atoms with Crippen molar-refractivity contribution in [3.8, 4) is 0 Å². The van der Waals surface area contributed by atoms with Gasteiger partial charge < -0.3 is 14.7 Å². The Hall–Kier alpha value is -1.75. The normalized spacial score (nSPS) is 19.8. The zero-order chi connectivity index (χ0) is 20.4. The van der Waals surface area contributed by atoms with Gasteiger partial charge in [0.2, 0.25) is 0 Å². The van der Waals surface area contributed by atoms with Gasteiger partial charge in [0, 0.05) is 56.2 Å². The van der Waals surface area contributed by atoms with Gasteiger partial charge in [-0.25, -0.2) is 4.39 Å². The Morgan fingerprint density at radius 2 is 1.69 bits per heavy atom. The molecule has 0 saturated carbocycles. The van der Waals surface area contributed by atoms with Crippen LogP contribution in [0, 0.1) is 5.82 Å². The van der Waals surface area contributed by atoms with Gasteiger partial charge in [0.05, 0.1) is 10.0 Å². The fourth-order valence-corrected chi connectivity index (χ4v) is 4.41. The number of hydrogen-bond acceptors (Lipinski definition) is 3. The number of piperazine rings is 1. The standard InChI is InChI=1S/C23H26Cl2FN3/c1-27-9-11-28(12-10-27)23-7-4-19(26)14-18(23)13-17-3-2-8-29(16-17)20-5-6-21(24)22(25)15-20/h4-7,13-15H,2-3,8-12,16H2,1H3. The van der Waals surface area contributed by atoms with Gasteiger partial charge in [0.1, 0.15) is 5.82 Å². The van der Waals surface area contributed by atoms with E-state index in [2.05, 4.69) is 27.8 Å². The van der Waals surface area contributed by atoms with Crippen LogP contribution in [-0.2, 0) is 0 Å². The maximum absolute atomic E-state index is 14.1. The fourth-order valence-electron chi connectivity index (χ4n) is 4.12. The summed E-state index contributed by atoms with van der Waals surface area (Å²) in [6.45, 7) is 5.78. The molecule has 0 amide bonds. The largest absolute Gasteiger partial charge is 0.368 e. The van der Waals surface area contributed by atoms with E-state index in [9.17, 15) is 4.39 Å². The van der Waals surface area contributed by atoms with Crippen LogP contribution in [0.15, 0.2) is 42.0 Å². The summed E-state index contributed by atoms with van der Waals surface area (Å²) in [4.78, 5) is 7.01. The molecule has 2 aromatic rings. The third-order valence-electron chi connectivity index (χ3n) is 5.78. The van der Waals surface area contributed by atoms with E-state index in [1.54, 1.807) is 12.1 Å². The molecule has 154 valence electrons. The van der Waals surface area contributed by atoms with Gasteiger partial charge in [-0.1, -0.05) is 34.9 Å². The van der Waals surface area contributed by atoms with Crippen LogP contribution >= 0.6 is 23.2 Å². The lowest BCUT2D eigenvalue weighted by Gasteiger charge is -2.35. The number of rotatable bonds is 3. The molecule has 0 spiro atoms. The molecule has 0 N–H and O–H groups in total. The van der Waals surface area contributed by atoms with E-state index >= 15 is 0 Å². The van der Waals surface area contributed by atoms with Crippen molar-refractivity contribution >= 4 is 40.7 Å². The van der Waals surface area contributed by atoms with Crippen molar-refractivity contribution in [2.75, 3.05) is 56.1 Å². The summed E-state index contributed by atoms with van der Waals surface area (Å²) in [5, 5.41) is 1.14. The lowest BCUT2D eigenvalue weighted by atomic mass is 9.99. The second kappa shape index (κ2) is 8.95. The molecule has 2 aromatic carbocycles. The van der Waals surface area contributed by atoms with Crippen molar-refractivity contribution in [2.45, 2.75) is 12.8 Å². The van der Waals surface area contributed by atoms with Crippen LogP contribution in [0.5, 0.6) is 0 Å². The Morgan fingerprint density at radius 1 is 0.897 bits per heavy atom. The van der Waals surface area contributed by atoms with Crippen LogP contribution in [0.2, 0.25) is 10.0 Å². The number of likely N-dealkylation sites (N-methyl/N-ethyl adjacent to an activating group) is 1. The second-order valence-corrected chi connectivity index (χ2v) is 8.73. The lowest BCUT2D eigenvalue weighted by Crippen LogP contribution is -2.44. The van der Waals surface area contributed by atoms with E-state index in [-0.39, 0.29) is 5.82 Å². The highest BCUT2D eigenvalue weighted by atomic mass is 35.5. The fraction of sp³-hybridized carbons (Fsp3) is 0.391. The third-order valence-corrected chi connectivity index (χ3v) is 6.52. The van der Waals surface area contributed by atoms with Gasteiger partial charge in [0.25, 0.3) is 0 Å². The van der Waals surface area contributed by atoms with E-state index in [1.165, 1.54) is 5.57 Å². The van der Waals surface area contributed by atoms with Crippen molar-refractivity contribution < 1.29 is 4.39 Å². The molecule has 0 radical (unpaired) electrons. The maximum atomic E-state index is 14.1. The molecule has 0 unspecified atom stereocenters. The Labute approximate surface area is 182 Å². The van der Waals surface area contributed by atoms with Gasteiger partial charge in [-0.15, -0.1) is 0 Å². The summed E-state index contributed by atoms with van der Waals surface area (Å²) in [6, 6.07) is 10.9. The van der Waals surface area contributed by atoms with Crippen molar-refractivity contribution in [3.05, 3.63) is 63.4 Å². The molecule has 2 saturated heterocycles. The van der Waals surface area contributed by atoms with E-state index in [0.29, 0.717) is 10.0 Å². The summed E-state index contributed by atoms with van der Waals surface area (Å²) in [7, 11) is 2.14. The summed E-state index contributed by atoms with van der Waals surface area (Å²) >= 11 is 12.3. The van der Waals surface area contributed by atoms with E-state index in [1.807, 2.05) is 24.3 Å². The number of nitrogens with zero attached hydrogens (tertiary/aromatic N) is 3. The highest BCUT2D eigenvalue weighted by Gasteiger charge is 2.19. The molecule has 2 fully saturated rings. The van der Waals surface area contributed by atoms with Crippen LogP contribution in [0.3, 0.4) is 0 Å². The minimum absolute atomic E-state index is 0.188. The van der Waals surface area contributed by atoms with E-state index < -0.39 is 0 Å². The summed E-state index contributed by atoms with van der Waals surface area (Å²) in [5.74, 6) is -0.188. The van der Waals surface area contributed by atoms with Crippen LogP contribution in [-0.4, -0.2) is 51.2 Å². The minimum atomic E-state index is -0.188. The predicted molar refractivity (Wildman–Crippen MR) is 122 cm³/mol. The molecule has 2 aliphatic rings. The van der Waals surface area contributed by atoms with Gasteiger partial charge in [-0.2, -0.15) is 0 Å². The second-order valence-electron chi connectivity index (χ2n) is 7.92. The van der Waals surface area contributed by atoms with Crippen molar-refractivity contribution in [2.24, 2.45) is 0 Å². The van der Waals surface area contributed by atoms with Gasteiger partial charge >= 0.3 is 0 Å². The Kier molecular flexibility index (Phi) is 6.33. The quantitative estimate of drug-likeness (QED) is 0.626. The summed E-state index contributed by atoms with van der Waals surface area (Å²) in [6.07, 6.45) is 4.27. The topological polar surface area (TPSA) is 9.72 Å². The van der Waals surface area contributed by atoms with Crippen molar-refractivity contribution in [3.63, 3.8) is 0 Å². The molecule has 0 bridgehead atoms. The molecular formula is C23H26Cl2FN3. The van der Waals surface area contributed by atoms with Gasteiger partial charge in [-0.05, 0) is 56.3 Å². The monoisotopic (exact) mass is 433 g/mol. The zero-order valence-electron chi connectivity index (χ0n) is 16.7. The first kappa shape index (κ1) is 20.5. The Bertz CT molecular complexity index is 907. The number of benzene rings is 2. The molecule has 29 heavy (non-hydrogen) atoms. The van der Waals surface area contributed by atoms with Crippen LogP contribution in [0.1, 0.15) is 18.4 Å². The molecule has 2 heterocycles. The number of anilines is 2. The minimum Gasteiger partial charge on any atom is -0.368 e. The highest BCUT2D eigenvalue weighted by molar-refractivity contribution is 6.42. The molecular weight excluding hydrogens is 408 g/mol. The third kappa shape index (κ3) is 4.88. The molecule has 0 aromatic heterocycles.